The molecule has 1 aromatic heterocycles. The Morgan fingerprint density at radius 1 is 1.08 bits per heavy atom. The summed E-state index contributed by atoms with van der Waals surface area (Å²) in [7, 11) is 1.68. The minimum Gasteiger partial charge on any atom is -0.349 e. The van der Waals surface area contributed by atoms with Crippen molar-refractivity contribution in [2.24, 2.45) is 0 Å². The fourth-order valence-electron chi connectivity index (χ4n) is 3.26. The van der Waals surface area contributed by atoms with Crippen LogP contribution >= 0.6 is 0 Å². The summed E-state index contributed by atoms with van der Waals surface area (Å²) < 4.78 is 0. The van der Waals surface area contributed by atoms with Gasteiger partial charge in [-0.1, -0.05) is 31.4 Å². The molecular formula is C20H23N3O2. The van der Waals surface area contributed by atoms with E-state index in [1.165, 1.54) is 17.5 Å². The Balaban J connectivity index is 1.80. The number of pyridine rings is 1. The fourth-order valence-corrected chi connectivity index (χ4v) is 3.26. The van der Waals surface area contributed by atoms with E-state index in [1.807, 2.05) is 12.1 Å². The molecule has 0 unspecified atom stereocenters. The van der Waals surface area contributed by atoms with Crippen LogP contribution in [0.1, 0.15) is 52.8 Å². The van der Waals surface area contributed by atoms with Gasteiger partial charge in [0.15, 0.2) is 0 Å². The number of benzene rings is 1. The number of nitrogens with one attached hydrogen (secondary N) is 1. The molecule has 5 heteroatoms. The first-order valence-electron chi connectivity index (χ1n) is 8.75. The molecule has 1 aliphatic carbocycles. The molecule has 1 aliphatic rings. The topological polar surface area (TPSA) is 62.3 Å². The number of anilines is 1. The van der Waals surface area contributed by atoms with Gasteiger partial charge >= 0.3 is 0 Å². The van der Waals surface area contributed by atoms with Crippen LogP contribution in [0.4, 0.5) is 5.69 Å². The van der Waals surface area contributed by atoms with Crippen molar-refractivity contribution in [3.63, 3.8) is 0 Å². The third-order valence-corrected chi connectivity index (χ3v) is 4.66. The zero-order valence-electron chi connectivity index (χ0n) is 14.4. The van der Waals surface area contributed by atoms with E-state index in [-0.39, 0.29) is 17.9 Å². The Kier molecular flexibility index (Phi) is 5.43. The summed E-state index contributed by atoms with van der Waals surface area (Å²) in [6.45, 7) is 0. The Bertz CT molecular complexity index is 740. The molecule has 0 bridgehead atoms. The smallest absolute Gasteiger partial charge is 0.259 e. The number of carbonyl (C=O) groups excluding carboxylic acids is 2. The molecule has 1 aromatic carbocycles. The van der Waals surface area contributed by atoms with Crippen LogP contribution < -0.4 is 10.2 Å². The van der Waals surface area contributed by atoms with Gasteiger partial charge in [0.05, 0.1) is 16.8 Å². The number of amides is 2. The molecule has 1 N–H and O–H groups in total. The second kappa shape index (κ2) is 7.92. The molecule has 1 heterocycles. The first-order chi connectivity index (χ1) is 12.2. The highest BCUT2D eigenvalue weighted by molar-refractivity contribution is 6.10. The van der Waals surface area contributed by atoms with Crippen molar-refractivity contribution >= 4 is 17.5 Å². The van der Waals surface area contributed by atoms with Crippen molar-refractivity contribution in [2.45, 2.75) is 38.1 Å². The van der Waals surface area contributed by atoms with Crippen molar-refractivity contribution in [1.29, 1.82) is 0 Å². The summed E-state index contributed by atoms with van der Waals surface area (Å²) in [6, 6.07) is 10.9. The predicted octanol–water partition coefficient (Wildman–Crippen LogP) is 3.42. The van der Waals surface area contributed by atoms with Crippen LogP contribution in [-0.4, -0.2) is 29.9 Å². The highest BCUT2D eigenvalue weighted by Gasteiger charge is 2.22. The monoisotopic (exact) mass is 337 g/mol. The van der Waals surface area contributed by atoms with Gasteiger partial charge in [-0.15, -0.1) is 0 Å². The van der Waals surface area contributed by atoms with Gasteiger partial charge in [-0.05, 0) is 37.1 Å². The highest BCUT2D eigenvalue weighted by Crippen LogP contribution is 2.23. The molecule has 0 saturated heterocycles. The Morgan fingerprint density at radius 3 is 2.56 bits per heavy atom. The predicted molar refractivity (Wildman–Crippen MR) is 97.8 cm³/mol. The van der Waals surface area contributed by atoms with Gasteiger partial charge in [-0.3, -0.25) is 14.6 Å². The minimum absolute atomic E-state index is 0.117. The molecule has 2 amide bonds. The maximum Gasteiger partial charge on any atom is 0.259 e. The molecule has 3 rings (SSSR count). The van der Waals surface area contributed by atoms with Gasteiger partial charge in [0, 0.05) is 25.5 Å². The highest BCUT2D eigenvalue weighted by atomic mass is 16.2. The summed E-state index contributed by atoms with van der Waals surface area (Å²) in [5.41, 5.74) is 1.62. The van der Waals surface area contributed by atoms with E-state index in [1.54, 1.807) is 37.5 Å². The molecule has 0 spiro atoms. The SMILES string of the molecule is CN(C(=O)c1cccnc1)c1ccccc1C(=O)NC1CCCCC1. The van der Waals surface area contributed by atoms with Gasteiger partial charge in [-0.2, -0.15) is 0 Å². The number of para-hydroxylation sites is 1. The molecule has 130 valence electrons. The lowest BCUT2D eigenvalue weighted by Gasteiger charge is -2.25. The molecule has 5 nitrogen and oxygen atoms in total. The number of hydrogen-bond donors (Lipinski definition) is 1. The maximum absolute atomic E-state index is 12.7. The van der Waals surface area contributed by atoms with Crippen LogP contribution in [0.2, 0.25) is 0 Å². The van der Waals surface area contributed by atoms with Crippen LogP contribution in [0, 0.1) is 0 Å². The standard InChI is InChI=1S/C20H23N3O2/c1-23(20(25)15-8-7-13-21-14-15)18-12-6-5-11-17(18)19(24)22-16-9-3-2-4-10-16/h5-8,11-14,16H,2-4,9-10H2,1H3,(H,22,24). The van der Waals surface area contributed by atoms with E-state index in [0.717, 1.165) is 25.7 Å². The van der Waals surface area contributed by atoms with Crippen molar-refractivity contribution in [2.75, 3.05) is 11.9 Å². The van der Waals surface area contributed by atoms with E-state index in [4.69, 9.17) is 0 Å². The summed E-state index contributed by atoms with van der Waals surface area (Å²) in [5, 5.41) is 3.12. The summed E-state index contributed by atoms with van der Waals surface area (Å²) in [6.07, 6.45) is 8.77. The van der Waals surface area contributed by atoms with E-state index in [2.05, 4.69) is 10.3 Å². The van der Waals surface area contributed by atoms with E-state index >= 15 is 0 Å². The second-order valence-corrected chi connectivity index (χ2v) is 6.43. The molecule has 0 radical (unpaired) electrons. The number of rotatable bonds is 4. The second-order valence-electron chi connectivity index (χ2n) is 6.43. The van der Waals surface area contributed by atoms with Crippen LogP contribution in [0.5, 0.6) is 0 Å². The van der Waals surface area contributed by atoms with E-state index < -0.39 is 0 Å². The average Bonchev–Trinajstić information content (AvgIpc) is 2.68. The van der Waals surface area contributed by atoms with Gasteiger partial charge in [0.1, 0.15) is 0 Å². The van der Waals surface area contributed by atoms with Gasteiger partial charge in [-0.25, -0.2) is 0 Å². The molecule has 1 saturated carbocycles. The Morgan fingerprint density at radius 2 is 1.84 bits per heavy atom. The van der Waals surface area contributed by atoms with Crippen molar-refractivity contribution < 1.29 is 9.59 Å². The number of aromatic nitrogens is 1. The third kappa shape index (κ3) is 4.05. The molecule has 1 fully saturated rings. The largest absolute Gasteiger partial charge is 0.349 e. The van der Waals surface area contributed by atoms with Crippen LogP contribution in [0.15, 0.2) is 48.8 Å². The van der Waals surface area contributed by atoms with E-state index in [9.17, 15) is 9.59 Å². The molecule has 0 atom stereocenters. The fraction of sp³-hybridized carbons (Fsp3) is 0.350. The van der Waals surface area contributed by atoms with Crippen LogP contribution in [-0.2, 0) is 0 Å². The van der Waals surface area contributed by atoms with Crippen molar-refractivity contribution in [1.82, 2.24) is 10.3 Å². The molecule has 2 aromatic rings. The van der Waals surface area contributed by atoms with Crippen molar-refractivity contribution in [3.05, 3.63) is 59.9 Å². The third-order valence-electron chi connectivity index (χ3n) is 4.66. The first-order valence-corrected chi connectivity index (χ1v) is 8.75. The Labute approximate surface area is 148 Å². The van der Waals surface area contributed by atoms with Gasteiger partial charge < -0.3 is 10.2 Å². The lowest BCUT2D eigenvalue weighted by atomic mass is 9.95. The summed E-state index contributed by atoms with van der Waals surface area (Å²) >= 11 is 0. The number of nitrogens with zero attached hydrogens (tertiary/aromatic N) is 2. The zero-order valence-corrected chi connectivity index (χ0v) is 14.4. The molecule has 0 aliphatic heterocycles. The lowest BCUT2D eigenvalue weighted by Crippen LogP contribution is -2.37. The maximum atomic E-state index is 12.7. The lowest BCUT2D eigenvalue weighted by molar-refractivity contribution is 0.0928. The number of hydrogen-bond acceptors (Lipinski definition) is 3. The van der Waals surface area contributed by atoms with E-state index in [0.29, 0.717) is 16.8 Å². The van der Waals surface area contributed by atoms with Crippen LogP contribution in [0.3, 0.4) is 0 Å². The quantitative estimate of drug-likeness (QED) is 0.930. The number of carbonyl (C=O) groups is 2. The zero-order chi connectivity index (χ0) is 17.6. The summed E-state index contributed by atoms with van der Waals surface area (Å²) in [5.74, 6) is -0.306. The average molecular weight is 337 g/mol. The van der Waals surface area contributed by atoms with Gasteiger partial charge in [0.2, 0.25) is 0 Å². The minimum atomic E-state index is -0.189. The first kappa shape index (κ1) is 17.1. The molecular weight excluding hydrogens is 314 g/mol. The molecule has 25 heavy (non-hydrogen) atoms. The van der Waals surface area contributed by atoms with Crippen molar-refractivity contribution in [3.8, 4) is 0 Å². The van der Waals surface area contributed by atoms with Crippen LogP contribution in [0.25, 0.3) is 0 Å². The normalized spacial score (nSPS) is 14.8. The van der Waals surface area contributed by atoms with Gasteiger partial charge in [0.25, 0.3) is 11.8 Å². The Hall–Kier alpha value is -2.69. The summed E-state index contributed by atoms with van der Waals surface area (Å²) in [4.78, 5) is 30.9.